The van der Waals surface area contributed by atoms with Crippen molar-refractivity contribution in [2.75, 3.05) is 7.05 Å². The molecule has 1 aromatic rings. The molecule has 1 unspecified atom stereocenters. The van der Waals surface area contributed by atoms with E-state index in [2.05, 4.69) is 0 Å². The Bertz CT molecular complexity index is 475. The standard InChI is InChI=1S/C11H9ClFNO2/c1-14-10(15)5-7(11(14)16)6-2-3-8(12)9(13)4-6/h2-4,7H,5H2,1H3. The van der Waals surface area contributed by atoms with Crippen molar-refractivity contribution in [3.8, 4) is 0 Å². The molecule has 2 rings (SSSR count). The molecule has 1 aromatic carbocycles. The van der Waals surface area contributed by atoms with E-state index in [1.165, 1.54) is 19.2 Å². The molecule has 2 amide bonds. The van der Waals surface area contributed by atoms with Crippen molar-refractivity contribution < 1.29 is 14.0 Å². The first kappa shape index (κ1) is 11.1. The van der Waals surface area contributed by atoms with Gasteiger partial charge < -0.3 is 0 Å². The molecule has 5 heteroatoms. The monoisotopic (exact) mass is 241 g/mol. The van der Waals surface area contributed by atoms with Crippen LogP contribution in [0.4, 0.5) is 4.39 Å². The van der Waals surface area contributed by atoms with Crippen LogP contribution in [0.3, 0.4) is 0 Å². The number of hydrogen-bond acceptors (Lipinski definition) is 2. The Morgan fingerprint density at radius 2 is 2.12 bits per heavy atom. The molecular formula is C11H9ClFNO2. The molecule has 1 atom stereocenters. The highest BCUT2D eigenvalue weighted by atomic mass is 35.5. The second-order valence-electron chi connectivity index (χ2n) is 3.72. The number of halogens is 2. The first-order chi connectivity index (χ1) is 7.50. The highest BCUT2D eigenvalue weighted by molar-refractivity contribution is 6.30. The highest BCUT2D eigenvalue weighted by Crippen LogP contribution is 2.30. The predicted molar refractivity (Wildman–Crippen MR) is 56.5 cm³/mol. The molecule has 1 heterocycles. The quantitative estimate of drug-likeness (QED) is 0.705. The maximum absolute atomic E-state index is 13.2. The number of hydrogen-bond donors (Lipinski definition) is 0. The molecule has 1 fully saturated rings. The van der Waals surface area contributed by atoms with Gasteiger partial charge in [0.05, 0.1) is 10.9 Å². The molecule has 1 aliphatic rings. The summed E-state index contributed by atoms with van der Waals surface area (Å²) in [5, 5.41) is 0.00822. The SMILES string of the molecule is CN1C(=O)CC(c2ccc(Cl)c(F)c2)C1=O. The largest absolute Gasteiger partial charge is 0.285 e. The van der Waals surface area contributed by atoms with E-state index in [1.54, 1.807) is 6.07 Å². The maximum Gasteiger partial charge on any atom is 0.236 e. The van der Waals surface area contributed by atoms with Crippen LogP contribution in [0.25, 0.3) is 0 Å². The average molecular weight is 242 g/mol. The van der Waals surface area contributed by atoms with Crippen LogP contribution in [-0.4, -0.2) is 23.8 Å². The van der Waals surface area contributed by atoms with E-state index in [0.29, 0.717) is 5.56 Å². The highest BCUT2D eigenvalue weighted by Gasteiger charge is 2.37. The van der Waals surface area contributed by atoms with Gasteiger partial charge in [-0.3, -0.25) is 14.5 Å². The summed E-state index contributed by atoms with van der Waals surface area (Å²) in [7, 11) is 1.43. The predicted octanol–water partition coefficient (Wildman–Crippen LogP) is 1.95. The van der Waals surface area contributed by atoms with Gasteiger partial charge in [-0.2, -0.15) is 0 Å². The molecule has 0 saturated carbocycles. The smallest absolute Gasteiger partial charge is 0.236 e. The minimum Gasteiger partial charge on any atom is -0.285 e. The maximum atomic E-state index is 13.2. The first-order valence-corrected chi connectivity index (χ1v) is 5.14. The van der Waals surface area contributed by atoms with Gasteiger partial charge in [0.2, 0.25) is 11.8 Å². The molecule has 0 spiro atoms. The minimum absolute atomic E-state index is 0.00822. The fourth-order valence-electron chi connectivity index (χ4n) is 1.75. The van der Waals surface area contributed by atoms with Crippen molar-refractivity contribution in [2.24, 2.45) is 0 Å². The van der Waals surface area contributed by atoms with Gasteiger partial charge in [-0.1, -0.05) is 17.7 Å². The summed E-state index contributed by atoms with van der Waals surface area (Å²) in [5.74, 6) is -1.70. The van der Waals surface area contributed by atoms with Crippen LogP contribution in [0, 0.1) is 5.82 Å². The number of imide groups is 1. The van der Waals surface area contributed by atoms with Gasteiger partial charge in [-0.15, -0.1) is 0 Å². The van der Waals surface area contributed by atoms with Gasteiger partial charge in [-0.05, 0) is 17.7 Å². The molecule has 3 nitrogen and oxygen atoms in total. The van der Waals surface area contributed by atoms with Gasteiger partial charge in [0, 0.05) is 13.5 Å². The third-order valence-electron chi connectivity index (χ3n) is 2.73. The van der Waals surface area contributed by atoms with E-state index in [0.717, 1.165) is 4.90 Å². The lowest BCUT2D eigenvalue weighted by Crippen LogP contribution is -2.25. The lowest BCUT2D eigenvalue weighted by molar-refractivity contribution is -0.137. The summed E-state index contributed by atoms with van der Waals surface area (Å²) in [6.45, 7) is 0. The number of rotatable bonds is 1. The van der Waals surface area contributed by atoms with Crippen molar-refractivity contribution in [2.45, 2.75) is 12.3 Å². The van der Waals surface area contributed by atoms with Crippen molar-refractivity contribution in [1.29, 1.82) is 0 Å². The zero-order chi connectivity index (χ0) is 11.9. The molecule has 1 aliphatic heterocycles. The zero-order valence-corrected chi connectivity index (χ0v) is 9.29. The molecule has 16 heavy (non-hydrogen) atoms. The molecule has 84 valence electrons. The van der Waals surface area contributed by atoms with E-state index in [9.17, 15) is 14.0 Å². The second-order valence-corrected chi connectivity index (χ2v) is 4.13. The Morgan fingerprint density at radius 3 is 2.62 bits per heavy atom. The number of nitrogens with zero attached hydrogens (tertiary/aromatic N) is 1. The molecule has 0 aliphatic carbocycles. The van der Waals surface area contributed by atoms with E-state index in [4.69, 9.17) is 11.6 Å². The van der Waals surface area contributed by atoms with Crippen molar-refractivity contribution >= 4 is 23.4 Å². The van der Waals surface area contributed by atoms with Gasteiger partial charge >= 0.3 is 0 Å². The van der Waals surface area contributed by atoms with Gasteiger partial charge in [0.1, 0.15) is 5.82 Å². The van der Waals surface area contributed by atoms with E-state index in [1.807, 2.05) is 0 Å². The van der Waals surface area contributed by atoms with Crippen molar-refractivity contribution in [1.82, 2.24) is 4.90 Å². The molecule has 0 bridgehead atoms. The molecule has 1 saturated heterocycles. The second kappa shape index (κ2) is 3.87. The summed E-state index contributed by atoms with van der Waals surface area (Å²) in [5.41, 5.74) is 0.490. The summed E-state index contributed by atoms with van der Waals surface area (Å²) >= 11 is 5.54. The Kier molecular flexibility index (Phi) is 2.68. The number of amides is 2. The minimum atomic E-state index is -0.579. The van der Waals surface area contributed by atoms with Gasteiger partial charge in [0.15, 0.2) is 0 Å². The lowest BCUT2D eigenvalue weighted by Gasteiger charge is -2.09. The van der Waals surface area contributed by atoms with Crippen molar-refractivity contribution in [3.63, 3.8) is 0 Å². The van der Waals surface area contributed by atoms with Crippen LogP contribution in [0.15, 0.2) is 18.2 Å². The Labute approximate surface area is 96.8 Å². The number of likely N-dealkylation sites (N-methyl/N-ethyl adjacent to an activating group) is 1. The summed E-state index contributed by atoms with van der Waals surface area (Å²) in [4.78, 5) is 24.0. The number of carbonyl (C=O) groups excluding carboxylic acids is 2. The van der Waals surface area contributed by atoms with E-state index in [-0.39, 0.29) is 23.3 Å². The number of carbonyl (C=O) groups is 2. The van der Waals surface area contributed by atoms with Crippen LogP contribution in [0.5, 0.6) is 0 Å². The number of benzene rings is 1. The summed E-state index contributed by atoms with van der Waals surface area (Å²) < 4.78 is 13.2. The molecule has 0 aromatic heterocycles. The van der Waals surface area contributed by atoms with Crippen LogP contribution in [0.1, 0.15) is 17.9 Å². The average Bonchev–Trinajstić information content (AvgIpc) is 2.50. The van der Waals surface area contributed by atoms with Crippen molar-refractivity contribution in [3.05, 3.63) is 34.6 Å². The Morgan fingerprint density at radius 1 is 1.44 bits per heavy atom. The van der Waals surface area contributed by atoms with Crippen LogP contribution >= 0.6 is 11.6 Å². The third kappa shape index (κ3) is 1.69. The Hall–Kier alpha value is -1.42. The topological polar surface area (TPSA) is 37.4 Å². The summed E-state index contributed by atoms with van der Waals surface area (Å²) in [6, 6.07) is 4.17. The van der Waals surface area contributed by atoms with Crippen LogP contribution in [-0.2, 0) is 9.59 Å². The van der Waals surface area contributed by atoms with Crippen LogP contribution < -0.4 is 0 Å². The third-order valence-corrected chi connectivity index (χ3v) is 3.03. The van der Waals surface area contributed by atoms with Gasteiger partial charge in [-0.25, -0.2) is 4.39 Å². The van der Waals surface area contributed by atoms with E-state index >= 15 is 0 Å². The van der Waals surface area contributed by atoms with E-state index < -0.39 is 11.7 Å². The molecule has 0 N–H and O–H groups in total. The molecular weight excluding hydrogens is 233 g/mol. The fourth-order valence-corrected chi connectivity index (χ4v) is 1.86. The fraction of sp³-hybridized carbons (Fsp3) is 0.273. The Balaban J connectivity index is 2.35. The zero-order valence-electron chi connectivity index (χ0n) is 8.54. The van der Waals surface area contributed by atoms with Gasteiger partial charge in [0.25, 0.3) is 0 Å². The lowest BCUT2D eigenvalue weighted by atomic mass is 9.97. The molecule has 0 radical (unpaired) electrons. The first-order valence-electron chi connectivity index (χ1n) is 4.76. The number of likely N-dealkylation sites (tertiary alicyclic amines) is 1. The normalized spacial score (nSPS) is 20.7. The summed E-state index contributed by atoms with van der Waals surface area (Å²) in [6.07, 6.45) is 0.0937. The van der Waals surface area contributed by atoms with Crippen LogP contribution in [0.2, 0.25) is 5.02 Å².